The van der Waals surface area contributed by atoms with Crippen molar-refractivity contribution in [3.8, 4) is 11.1 Å². The minimum absolute atomic E-state index is 0.0102. The summed E-state index contributed by atoms with van der Waals surface area (Å²) in [6.07, 6.45) is 0.0979. The first-order chi connectivity index (χ1) is 20.5. The molecule has 3 aromatic rings. The van der Waals surface area contributed by atoms with Crippen molar-refractivity contribution in [2.45, 2.75) is 37.1 Å². The largest absolute Gasteiger partial charge is 0.366 e. The van der Waals surface area contributed by atoms with Crippen molar-refractivity contribution >= 4 is 35.0 Å². The van der Waals surface area contributed by atoms with Gasteiger partial charge in [-0.15, -0.1) is 11.3 Å². The molecule has 1 aromatic heterocycles. The Morgan fingerprint density at radius 2 is 1.77 bits per heavy atom. The van der Waals surface area contributed by atoms with Crippen molar-refractivity contribution in [1.29, 1.82) is 0 Å². The number of carbonyl (C=O) groups is 4. The van der Waals surface area contributed by atoms with Gasteiger partial charge in [-0.1, -0.05) is 30.3 Å². The van der Waals surface area contributed by atoms with Gasteiger partial charge in [0.15, 0.2) is 5.79 Å². The van der Waals surface area contributed by atoms with E-state index in [0.29, 0.717) is 29.2 Å². The summed E-state index contributed by atoms with van der Waals surface area (Å²) in [7, 11) is 0. The fraction of sp³-hybridized carbons (Fsp3) is 0.333. The standard InChI is InChI=1S/C30H28F2N4O6S/c1-16(24-11-18(14-43-24)26(33)38)35-28(40)23-12-29(41-8-9-42-29)15-36(23)25(37)13-34-27(39)17-6-7-22-20(10-17)19-4-2-3-5-21(19)30(22,31)32/h2-7,10-11,14,16,23H,8-9,12-13,15H2,1H3,(H2,33,38)(H,34,39)(H,35,40)/t16-,23?/m1/s1. The molecule has 2 fully saturated rings. The third kappa shape index (κ3) is 5.17. The van der Waals surface area contributed by atoms with Gasteiger partial charge in [0.1, 0.15) is 6.04 Å². The van der Waals surface area contributed by atoms with Gasteiger partial charge in [-0.3, -0.25) is 19.2 Å². The Hall–Kier alpha value is -4.20. The summed E-state index contributed by atoms with van der Waals surface area (Å²) in [5.74, 6) is -6.49. The maximum atomic E-state index is 14.9. The number of fused-ring (bicyclic) bond motifs is 3. The summed E-state index contributed by atoms with van der Waals surface area (Å²) in [5.41, 5.74) is 6.09. The lowest BCUT2D eigenvalue weighted by molar-refractivity contribution is -0.152. The lowest BCUT2D eigenvalue weighted by Crippen LogP contribution is -2.49. The van der Waals surface area contributed by atoms with Crippen LogP contribution >= 0.6 is 11.3 Å². The molecular formula is C30H28F2N4O6S. The van der Waals surface area contributed by atoms with E-state index in [-0.39, 0.29) is 35.2 Å². The van der Waals surface area contributed by atoms with E-state index in [4.69, 9.17) is 15.2 Å². The van der Waals surface area contributed by atoms with Crippen molar-refractivity contribution in [2.75, 3.05) is 26.3 Å². The Bertz CT molecular complexity index is 1640. The fourth-order valence-corrected chi connectivity index (χ4v) is 6.72. The number of likely N-dealkylation sites (tertiary alicyclic amines) is 1. The molecule has 3 heterocycles. The number of ether oxygens (including phenoxy) is 2. The smallest absolute Gasteiger partial charge is 0.299 e. The van der Waals surface area contributed by atoms with Crippen molar-refractivity contribution in [1.82, 2.24) is 15.5 Å². The molecule has 2 atom stereocenters. The number of nitrogens with two attached hydrogens (primary N) is 1. The second kappa shape index (κ2) is 10.8. The number of alkyl halides is 2. The number of benzene rings is 2. The molecule has 4 N–H and O–H groups in total. The van der Waals surface area contributed by atoms with Crippen LogP contribution in [0.2, 0.25) is 0 Å². The summed E-state index contributed by atoms with van der Waals surface area (Å²) in [5, 5.41) is 7.04. The average Bonchev–Trinajstić information content (AvgIpc) is 3.78. The third-order valence-corrected chi connectivity index (χ3v) is 9.11. The summed E-state index contributed by atoms with van der Waals surface area (Å²) < 4.78 is 41.3. The maximum absolute atomic E-state index is 14.9. The lowest BCUT2D eigenvalue weighted by Gasteiger charge is -2.25. The summed E-state index contributed by atoms with van der Waals surface area (Å²) in [6.45, 7) is 1.93. The van der Waals surface area contributed by atoms with Crippen LogP contribution in [0.3, 0.4) is 0 Å². The first kappa shape index (κ1) is 28.9. The number of hydrogen-bond acceptors (Lipinski definition) is 7. The van der Waals surface area contributed by atoms with E-state index in [9.17, 15) is 28.0 Å². The minimum Gasteiger partial charge on any atom is -0.366 e. The second-order valence-electron chi connectivity index (χ2n) is 10.7. The van der Waals surface area contributed by atoms with E-state index in [1.165, 1.54) is 46.6 Å². The summed E-state index contributed by atoms with van der Waals surface area (Å²) >= 11 is 1.27. The second-order valence-corrected chi connectivity index (χ2v) is 11.7. The van der Waals surface area contributed by atoms with Crippen molar-refractivity contribution in [2.24, 2.45) is 5.73 Å². The predicted molar refractivity (Wildman–Crippen MR) is 151 cm³/mol. The van der Waals surface area contributed by atoms with Gasteiger partial charge < -0.3 is 30.7 Å². The molecule has 1 spiro atoms. The zero-order valence-corrected chi connectivity index (χ0v) is 23.8. The molecule has 13 heteroatoms. The van der Waals surface area contributed by atoms with Crippen LogP contribution in [-0.4, -0.2) is 66.7 Å². The van der Waals surface area contributed by atoms with Crippen LogP contribution in [0, 0.1) is 0 Å². The number of amides is 4. The average molecular weight is 611 g/mol. The van der Waals surface area contributed by atoms with Gasteiger partial charge in [0.05, 0.1) is 37.9 Å². The quantitative estimate of drug-likeness (QED) is 0.376. The summed E-state index contributed by atoms with van der Waals surface area (Å²) in [6, 6.07) is 10.3. The van der Waals surface area contributed by atoms with Gasteiger partial charge in [-0.05, 0) is 36.2 Å². The van der Waals surface area contributed by atoms with E-state index >= 15 is 0 Å². The van der Waals surface area contributed by atoms with E-state index < -0.39 is 54.0 Å². The zero-order valence-electron chi connectivity index (χ0n) is 23.0. The van der Waals surface area contributed by atoms with Gasteiger partial charge in [0.25, 0.3) is 11.8 Å². The first-order valence-corrected chi connectivity index (χ1v) is 14.5. The van der Waals surface area contributed by atoms with Crippen LogP contribution in [0.25, 0.3) is 11.1 Å². The van der Waals surface area contributed by atoms with E-state index in [2.05, 4.69) is 10.6 Å². The van der Waals surface area contributed by atoms with Crippen molar-refractivity contribution < 1.29 is 37.4 Å². The molecule has 2 saturated heterocycles. The van der Waals surface area contributed by atoms with Gasteiger partial charge in [0, 0.05) is 33.4 Å². The molecule has 10 nitrogen and oxygen atoms in total. The first-order valence-electron chi connectivity index (χ1n) is 13.7. The Morgan fingerprint density at radius 1 is 1.05 bits per heavy atom. The number of hydrogen-bond donors (Lipinski definition) is 3. The highest BCUT2D eigenvalue weighted by molar-refractivity contribution is 7.10. The molecule has 2 aliphatic heterocycles. The fourth-order valence-electron chi connectivity index (χ4n) is 5.81. The Morgan fingerprint density at radius 3 is 2.49 bits per heavy atom. The highest BCUT2D eigenvalue weighted by Crippen LogP contribution is 2.51. The van der Waals surface area contributed by atoms with E-state index in [1.807, 2.05) is 0 Å². The topological polar surface area (TPSA) is 140 Å². The Labute approximate surface area is 249 Å². The molecule has 4 amide bonds. The molecule has 0 saturated carbocycles. The molecule has 0 radical (unpaired) electrons. The third-order valence-electron chi connectivity index (χ3n) is 7.99. The molecule has 1 aliphatic carbocycles. The lowest BCUT2D eigenvalue weighted by atomic mass is 10.0. The molecule has 6 rings (SSSR count). The molecular weight excluding hydrogens is 582 g/mol. The highest BCUT2D eigenvalue weighted by atomic mass is 32.1. The monoisotopic (exact) mass is 610 g/mol. The van der Waals surface area contributed by atoms with E-state index in [1.54, 1.807) is 30.5 Å². The molecule has 0 bridgehead atoms. The van der Waals surface area contributed by atoms with Crippen LogP contribution in [0.5, 0.6) is 0 Å². The zero-order chi connectivity index (χ0) is 30.5. The molecule has 3 aliphatic rings. The van der Waals surface area contributed by atoms with Crippen LogP contribution in [0.4, 0.5) is 8.78 Å². The van der Waals surface area contributed by atoms with Gasteiger partial charge in [-0.25, -0.2) is 0 Å². The Kier molecular flexibility index (Phi) is 7.27. The Balaban J connectivity index is 1.15. The van der Waals surface area contributed by atoms with E-state index in [0.717, 1.165) is 0 Å². The molecule has 2 aromatic carbocycles. The van der Waals surface area contributed by atoms with Crippen LogP contribution in [-0.2, 0) is 25.0 Å². The molecule has 1 unspecified atom stereocenters. The van der Waals surface area contributed by atoms with Gasteiger partial charge in [0.2, 0.25) is 17.7 Å². The molecule has 43 heavy (non-hydrogen) atoms. The van der Waals surface area contributed by atoms with Crippen molar-refractivity contribution in [3.05, 3.63) is 81.0 Å². The highest BCUT2D eigenvalue weighted by Gasteiger charge is 2.52. The van der Waals surface area contributed by atoms with Gasteiger partial charge in [-0.2, -0.15) is 8.78 Å². The number of nitrogens with zero attached hydrogens (tertiary/aromatic N) is 1. The minimum atomic E-state index is -3.17. The normalized spacial score (nSPS) is 20.0. The number of primary amides is 1. The van der Waals surface area contributed by atoms with Crippen molar-refractivity contribution in [3.63, 3.8) is 0 Å². The maximum Gasteiger partial charge on any atom is 0.299 e. The summed E-state index contributed by atoms with van der Waals surface area (Å²) in [4.78, 5) is 53.3. The molecule has 224 valence electrons. The van der Waals surface area contributed by atoms with Crippen LogP contribution in [0.15, 0.2) is 53.9 Å². The van der Waals surface area contributed by atoms with Crippen LogP contribution < -0.4 is 16.4 Å². The number of nitrogens with one attached hydrogen (secondary N) is 2. The number of thiophene rings is 1. The number of halogens is 2. The van der Waals surface area contributed by atoms with Gasteiger partial charge >= 0.3 is 0 Å². The number of carbonyl (C=O) groups excluding carboxylic acids is 4. The SMILES string of the molecule is C[C@@H](NC(=O)C1CC2(CN1C(=O)CNC(=O)c1ccc3c(c1)-c1ccccc1C3(F)F)OCCO2)c1cc(C(N)=O)cs1. The van der Waals surface area contributed by atoms with Crippen LogP contribution in [0.1, 0.15) is 56.1 Å². The number of rotatable bonds is 7. The predicted octanol–water partition coefficient (Wildman–Crippen LogP) is 2.92.